The van der Waals surface area contributed by atoms with Crippen molar-refractivity contribution >= 4 is 37.7 Å². The fraction of sp³-hybridized carbons (Fsp3) is 0.814. The third-order valence-corrected chi connectivity index (χ3v) is 33.7. The number of carbonyl (C=O) groups excluding carboxylic acids is 1. The van der Waals surface area contributed by atoms with Crippen molar-refractivity contribution in [2.75, 3.05) is 110 Å². The van der Waals surface area contributed by atoms with Crippen LogP contribution >= 0.6 is 11.8 Å². The van der Waals surface area contributed by atoms with Gasteiger partial charge in [0.1, 0.15) is 5.75 Å². The summed E-state index contributed by atoms with van der Waals surface area (Å²) < 4.78 is 92.8. The van der Waals surface area contributed by atoms with Crippen molar-refractivity contribution < 1.29 is 79.9 Å². The molecule has 0 radical (unpaired) electrons. The molecule has 15 aliphatic heterocycles. The van der Waals surface area contributed by atoms with E-state index in [0.717, 1.165) is 200 Å². The second-order valence-electron chi connectivity index (χ2n) is 44.7. The molecule has 770 valence electrons. The zero-order valence-electron chi connectivity index (χ0n) is 87.7. The topological polar surface area (TPSA) is 229 Å². The quantitative estimate of drug-likeness (QED) is 0.193. The van der Waals surface area contributed by atoms with E-state index in [1.807, 2.05) is 57.4 Å². The Bertz CT molecular complexity index is 3890. The smallest absolute Gasteiger partial charge is 0.279 e. The van der Waals surface area contributed by atoms with Gasteiger partial charge in [0.05, 0.1) is 85.7 Å². The van der Waals surface area contributed by atoms with E-state index >= 15 is 0 Å². The minimum absolute atomic E-state index is 0.136. The van der Waals surface area contributed by atoms with Gasteiger partial charge in [0, 0.05) is 113 Å². The number of thioether (sulfide) groups is 1. The molecule has 4 aliphatic carbocycles. The summed E-state index contributed by atoms with van der Waals surface area (Å²) >= 11 is 1.38. The highest BCUT2D eigenvalue weighted by Crippen LogP contribution is 2.47. The van der Waals surface area contributed by atoms with Crippen LogP contribution < -0.4 is 5.32 Å². The largest absolute Gasteiger partial charge is 0.508 e. The molecule has 17 heterocycles. The number of benzene rings is 2. The maximum Gasteiger partial charge on any atom is 0.279 e. The lowest BCUT2D eigenvalue weighted by atomic mass is 9.88. The highest BCUT2D eigenvalue weighted by Gasteiger charge is 2.46. The summed E-state index contributed by atoms with van der Waals surface area (Å²) in [5.74, 6) is 14.0. The zero-order valence-corrected chi connectivity index (χ0v) is 89.3. The van der Waals surface area contributed by atoms with Crippen LogP contribution in [-0.4, -0.2) is 199 Å². The van der Waals surface area contributed by atoms with E-state index in [-0.39, 0.29) is 24.1 Å². The summed E-state index contributed by atoms with van der Waals surface area (Å²) in [7, 11) is -2.60. The number of fused-ring (bicyclic) bond motifs is 6. The molecule has 4 saturated carbocycles. The minimum Gasteiger partial charge on any atom is -0.508 e. The van der Waals surface area contributed by atoms with Crippen LogP contribution in [0.15, 0.2) is 79.3 Å². The van der Waals surface area contributed by atoms with Crippen molar-refractivity contribution in [1.82, 2.24) is 15.3 Å². The molecule has 19 fully saturated rings. The fourth-order valence-corrected chi connectivity index (χ4v) is 25.0. The van der Waals surface area contributed by atoms with Gasteiger partial charge in [-0.1, -0.05) is 172 Å². The lowest BCUT2D eigenvalue weighted by Gasteiger charge is -2.30. The van der Waals surface area contributed by atoms with Crippen LogP contribution in [-0.2, 0) is 84.3 Å². The summed E-state index contributed by atoms with van der Waals surface area (Å²) in [5.41, 5.74) is 7.08. The number of ether oxygens (including phenoxy) is 13. The van der Waals surface area contributed by atoms with Gasteiger partial charge >= 0.3 is 0 Å². The van der Waals surface area contributed by atoms with Gasteiger partial charge in [-0.3, -0.25) is 14.8 Å². The number of pyridine rings is 2. The van der Waals surface area contributed by atoms with Gasteiger partial charge in [0.15, 0.2) is 28.7 Å². The number of hydrogen-bond acceptors (Lipinski definition) is 20. The van der Waals surface area contributed by atoms with Gasteiger partial charge < -0.3 is 72.0 Å². The number of hydrogen-bond donors (Lipinski definition) is 2. The average molecular weight is 1930 g/mol. The van der Waals surface area contributed by atoms with E-state index in [2.05, 4.69) is 156 Å². The van der Waals surface area contributed by atoms with E-state index < -0.39 is 9.84 Å². The summed E-state index contributed by atoms with van der Waals surface area (Å²) in [6.07, 6.45) is 46.0. The lowest BCUT2D eigenvalue weighted by molar-refractivity contribution is -0.163. The van der Waals surface area contributed by atoms with Gasteiger partial charge in [-0.15, -0.1) is 0 Å². The van der Waals surface area contributed by atoms with Crippen molar-refractivity contribution in [3.8, 4) is 5.75 Å². The molecule has 0 bridgehead atoms. The van der Waals surface area contributed by atoms with Crippen LogP contribution in [0.4, 0.5) is 4.79 Å². The van der Waals surface area contributed by atoms with Crippen LogP contribution in [0.5, 0.6) is 5.75 Å². The Morgan fingerprint density at radius 2 is 1.06 bits per heavy atom. The molecular formula is C113H189N3O17S2. The molecule has 1 amide bonds. The molecule has 135 heavy (non-hydrogen) atoms. The van der Waals surface area contributed by atoms with Crippen molar-refractivity contribution in [1.29, 1.82) is 0 Å². The SMILES string of the molecule is CC(C)(C)C.CC1CCC2(CCCO2)C1.CC1CCCC12CCCO2.CC[C@H]1CSC(=O)N1.CCc1cccnc1.CCc1ccnc2ccccc12.C[C@@H]1C[C@@H]2CCO[C@@H]2C1.C[C@H]1CC2CCOC2C1.C[C@H]1CCOC1.C[C@H]1CCO[C@@H]([C@@H]2CCCO2)C1.C[C@H]1CCO[C@H]2OCCC21.C[C@H]1CCS(=O)(=O)C1.C[C@H]1CO[C@@H]2OCCC[C@@H]21.C[C@H]1CO[C@H]2OCCC21.Cc1cccc(O)c1C. The number of phenols is 1. The molecular weight excluding hydrogens is 1740 g/mol. The first-order valence-corrected chi connectivity index (χ1v) is 56.7. The van der Waals surface area contributed by atoms with Gasteiger partial charge in [-0.25, -0.2) is 8.42 Å². The predicted molar refractivity (Wildman–Crippen MR) is 549 cm³/mol. The normalized spacial score (nSPS) is 35.6. The molecule has 23 rings (SSSR count). The number of carbonyl (C=O) groups is 1. The third-order valence-electron chi connectivity index (χ3n) is 30.8. The molecule has 2 N–H and O–H groups in total. The van der Waals surface area contributed by atoms with Crippen LogP contribution in [0.25, 0.3) is 10.9 Å². The van der Waals surface area contributed by atoms with Gasteiger partial charge in [-0.05, 0) is 323 Å². The molecule has 2 spiro atoms. The molecule has 25 atom stereocenters. The summed E-state index contributed by atoms with van der Waals surface area (Å²) in [4.78, 5) is 18.7. The summed E-state index contributed by atoms with van der Waals surface area (Å²) in [6.45, 7) is 55.0. The number of aromatic hydroxyl groups is 1. The van der Waals surface area contributed by atoms with E-state index in [0.29, 0.717) is 93.9 Å². The second-order valence-corrected chi connectivity index (χ2v) is 48.0. The Hall–Kier alpha value is -3.95. The van der Waals surface area contributed by atoms with Crippen molar-refractivity contribution in [3.05, 3.63) is 102 Å². The van der Waals surface area contributed by atoms with Crippen LogP contribution in [0.1, 0.15) is 320 Å². The molecule has 20 nitrogen and oxygen atoms in total. The minimum atomic E-state index is -2.60. The number of nitrogens with zero attached hydrogens (tertiary/aromatic N) is 2. The van der Waals surface area contributed by atoms with Crippen LogP contribution in [0.3, 0.4) is 0 Å². The monoisotopic (exact) mass is 1920 g/mol. The Morgan fingerprint density at radius 1 is 0.481 bits per heavy atom. The first-order chi connectivity index (χ1) is 64.7. The Labute approximate surface area is 823 Å². The van der Waals surface area contributed by atoms with Crippen molar-refractivity contribution in [2.24, 2.45) is 94.2 Å². The number of para-hydroxylation sites is 1. The van der Waals surface area contributed by atoms with Crippen LogP contribution in [0.2, 0.25) is 0 Å². The molecule has 8 unspecified atom stereocenters. The Kier molecular flexibility index (Phi) is 50.9. The van der Waals surface area contributed by atoms with Gasteiger partial charge in [0.25, 0.3) is 5.24 Å². The third kappa shape index (κ3) is 40.3. The van der Waals surface area contributed by atoms with Crippen LogP contribution in [0, 0.1) is 108 Å². The van der Waals surface area contributed by atoms with Crippen molar-refractivity contribution in [2.45, 2.75) is 385 Å². The Balaban J connectivity index is 0.000000163. The average Bonchev–Trinajstić information content (AvgIpc) is 1.57. The van der Waals surface area contributed by atoms with Gasteiger partial charge in [-0.2, -0.15) is 0 Å². The lowest BCUT2D eigenvalue weighted by Crippen LogP contribution is -2.34. The van der Waals surface area contributed by atoms with E-state index in [1.165, 1.54) is 195 Å². The molecule has 2 aromatic carbocycles. The fourth-order valence-electron chi connectivity index (χ4n) is 22.1. The highest BCUT2D eigenvalue weighted by atomic mass is 32.2. The number of aromatic nitrogens is 2. The molecule has 2 aromatic heterocycles. The molecule has 22 heteroatoms. The highest BCUT2D eigenvalue weighted by molar-refractivity contribution is 8.14. The van der Waals surface area contributed by atoms with E-state index in [4.69, 9.17) is 66.7 Å². The molecule has 4 aromatic rings. The second kappa shape index (κ2) is 60.0. The number of aryl methyl sites for hydroxylation is 3. The molecule has 15 saturated heterocycles. The number of nitrogens with one attached hydrogen (secondary N) is 1. The first kappa shape index (κ1) is 115. The maximum atomic E-state index is 10.6. The van der Waals surface area contributed by atoms with Crippen molar-refractivity contribution in [3.63, 3.8) is 0 Å². The zero-order chi connectivity index (χ0) is 97.3. The number of sulfone groups is 1. The van der Waals surface area contributed by atoms with E-state index in [9.17, 15) is 13.2 Å². The number of amides is 1. The van der Waals surface area contributed by atoms with Gasteiger partial charge in [0.2, 0.25) is 0 Å². The number of rotatable bonds is 4. The summed E-state index contributed by atoms with van der Waals surface area (Å²) in [5, 5.41) is 13.3. The first-order valence-electron chi connectivity index (χ1n) is 53.9. The number of phenolic OH excluding ortho intramolecular Hbond substituents is 1. The predicted octanol–water partition coefficient (Wildman–Crippen LogP) is 25.4. The molecule has 19 aliphatic rings. The Morgan fingerprint density at radius 3 is 1.52 bits per heavy atom. The van der Waals surface area contributed by atoms with E-state index in [1.54, 1.807) is 12.3 Å². The summed E-state index contributed by atoms with van der Waals surface area (Å²) in [6, 6.07) is 20.3. The standard InChI is InChI=1S/C11H11N.C10H18O2.2C9H16O.2C8H14O2.2C8H14O.C8H10O.C7H9N.C7H12O2.C5H9NOS.C5H10O2S.C5H10O.C5H12/c1-2-9-7-8-12-11-6-4-3-5-10(9)11;1-8-4-6-12-10(7-8)9-3-2-5-11-9;1-8-3-5-9(7-8)4-2-6-10-9;1-8-4-2-5-9(8)6-3-7-10-9;1-6-2-4-9-8-7(6)3-5-10-8;1-6-5-10-8-7(6)3-2-4-9-8;2*1-6-4-7-2-3-9-8(7)5-6;1-6-4-3-5-8(9)7(6)2;1-2-7-4-3-5-8-6-7;1-5-4-9-7-6(5)2-3-8-7;1-2-4-3-8-5(7)6-4;1-5-2-3-8(6,7)4-5;1-5-2-3-6-4-5;1-5(2,3)4/h3-8H,2H2,1H3;8-10H,2-7H2,1H3;2*8H,2-7H2,1H3;2*6-8H,2-5H2,1H3;2*6-8H,2-5H2,1H3;3-5,9H,1-2H3;3-6H,2H2,1H3;5-7H,2-4H2,1H3;4H,2-3H2,1H3,(H,6,7);5H,2-4H2,1H3;5H,2-4H2,1H3;1-4H3/t;8-,9-,10+;;;6-,7?,8-;6-,7+,8-;6-,7?,8?;6-,7+,8-;;;5-,6?,7+;4-;2*5-;/m.0..0001..0000./s1. The maximum absolute atomic E-state index is 10.6.